The maximum atomic E-state index is 11.5. The second kappa shape index (κ2) is 8.63. The third kappa shape index (κ3) is 4.93. The largest absolute Gasteiger partial charge is 0.379 e. The molecule has 1 aromatic heterocycles. The summed E-state index contributed by atoms with van der Waals surface area (Å²) in [5.41, 5.74) is 5.64. The van der Waals surface area contributed by atoms with Crippen molar-refractivity contribution in [3.8, 4) is 0 Å². The van der Waals surface area contributed by atoms with Crippen LogP contribution in [-0.2, 0) is 9.47 Å². The molecule has 0 unspecified atom stereocenters. The summed E-state index contributed by atoms with van der Waals surface area (Å²) in [4.78, 5) is 23.6. The molecule has 0 aliphatic carbocycles. The maximum Gasteiger partial charge on any atom is 0.353 e. The van der Waals surface area contributed by atoms with Gasteiger partial charge in [-0.05, 0) is 13.8 Å². The van der Waals surface area contributed by atoms with E-state index < -0.39 is 4.92 Å². The fraction of sp³-hybridized carbons (Fsp3) is 0.750. The minimum absolute atomic E-state index is 0.0535. The average Bonchev–Trinajstić information content (AvgIpc) is 2.61. The third-order valence-corrected chi connectivity index (χ3v) is 4.61. The molecule has 2 fully saturated rings. The number of morpholine rings is 2. The van der Waals surface area contributed by atoms with Crippen molar-refractivity contribution in [1.82, 2.24) is 14.9 Å². The first-order valence-corrected chi connectivity index (χ1v) is 9.20. The van der Waals surface area contributed by atoms with Gasteiger partial charge in [0, 0.05) is 39.3 Å². The van der Waals surface area contributed by atoms with Gasteiger partial charge in [-0.2, -0.15) is 9.97 Å². The molecule has 27 heavy (non-hydrogen) atoms. The topological polar surface area (TPSA) is 132 Å². The highest BCUT2D eigenvalue weighted by atomic mass is 16.6. The Bertz CT molecular complexity index is 658. The molecule has 0 aromatic carbocycles. The first-order chi connectivity index (χ1) is 12.9. The van der Waals surface area contributed by atoms with E-state index in [-0.39, 0.29) is 29.5 Å². The molecule has 0 saturated carbocycles. The number of nitrogens with one attached hydrogen (secondary N) is 1. The van der Waals surface area contributed by atoms with Crippen molar-refractivity contribution >= 4 is 23.3 Å². The van der Waals surface area contributed by atoms with Gasteiger partial charge in [0.25, 0.3) is 0 Å². The highest BCUT2D eigenvalue weighted by Crippen LogP contribution is 2.33. The summed E-state index contributed by atoms with van der Waals surface area (Å²) in [6.45, 7) is 9.55. The fourth-order valence-electron chi connectivity index (χ4n) is 3.44. The molecule has 3 rings (SSSR count). The van der Waals surface area contributed by atoms with Crippen LogP contribution in [0.1, 0.15) is 13.8 Å². The highest BCUT2D eigenvalue weighted by Gasteiger charge is 2.32. The summed E-state index contributed by atoms with van der Waals surface area (Å²) in [5, 5.41) is 14.7. The lowest BCUT2D eigenvalue weighted by Gasteiger charge is -2.35. The van der Waals surface area contributed by atoms with Crippen LogP contribution >= 0.6 is 0 Å². The van der Waals surface area contributed by atoms with E-state index in [1.807, 2.05) is 18.7 Å². The number of anilines is 3. The molecule has 1 aromatic rings. The first-order valence-electron chi connectivity index (χ1n) is 9.20. The van der Waals surface area contributed by atoms with Gasteiger partial charge in [0.2, 0.25) is 17.6 Å². The van der Waals surface area contributed by atoms with Crippen molar-refractivity contribution in [2.75, 3.05) is 68.4 Å². The standard InChI is InChI=1S/C16H27N7O4/c1-11-9-22(10-12(2)27-11)15-13(23(24)25)14(17)19-16(20-15)18-3-4-21-5-7-26-8-6-21/h11-12H,3-10H2,1-2H3,(H3,17,18,19,20)/t11-,12+. The lowest BCUT2D eigenvalue weighted by atomic mass is 10.2. The Morgan fingerprint density at radius 1 is 1.26 bits per heavy atom. The summed E-state index contributed by atoms with van der Waals surface area (Å²) >= 11 is 0. The second-order valence-electron chi connectivity index (χ2n) is 6.90. The minimum Gasteiger partial charge on any atom is -0.379 e. The molecule has 0 amide bonds. The molecule has 0 bridgehead atoms. The van der Waals surface area contributed by atoms with E-state index in [4.69, 9.17) is 15.2 Å². The SMILES string of the molecule is C[C@@H]1CN(c2nc(NCCN3CCOCC3)nc(N)c2[N+](=O)[O-])C[C@H](C)O1. The quantitative estimate of drug-likeness (QED) is 0.524. The smallest absolute Gasteiger partial charge is 0.353 e. The Balaban J connectivity index is 1.75. The first kappa shape index (κ1) is 19.5. The fourth-order valence-corrected chi connectivity index (χ4v) is 3.44. The molecule has 2 aliphatic heterocycles. The Labute approximate surface area is 158 Å². The van der Waals surface area contributed by atoms with Crippen LogP contribution in [0.5, 0.6) is 0 Å². The van der Waals surface area contributed by atoms with E-state index in [9.17, 15) is 10.1 Å². The van der Waals surface area contributed by atoms with Crippen LogP contribution in [0.2, 0.25) is 0 Å². The van der Waals surface area contributed by atoms with Crippen LogP contribution in [0.15, 0.2) is 0 Å². The number of rotatable bonds is 6. The molecular weight excluding hydrogens is 354 g/mol. The zero-order valence-electron chi connectivity index (χ0n) is 15.8. The molecule has 150 valence electrons. The van der Waals surface area contributed by atoms with Crippen molar-refractivity contribution in [1.29, 1.82) is 0 Å². The van der Waals surface area contributed by atoms with Gasteiger partial charge in [0.15, 0.2) is 0 Å². The maximum absolute atomic E-state index is 11.5. The molecule has 0 radical (unpaired) electrons. The predicted molar refractivity (Wildman–Crippen MR) is 101 cm³/mol. The van der Waals surface area contributed by atoms with Gasteiger partial charge >= 0.3 is 5.69 Å². The van der Waals surface area contributed by atoms with Gasteiger partial charge in [-0.3, -0.25) is 15.0 Å². The molecular formula is C16H27N7O4. The summed E-state index contributed by atoms with van der Waals surface area (Å²) in [6, 6.07) is 0. The van der Waals surface area contributed by atoms with Crippen molar-refractivity contribution in [2.45, 2.75) is 26.1 Å². The molecule has 11 nitrogen and oxygen atoms in total. The lowest BCUT2D eigenvalue weighted by Crippen LogP contribution is -2.46. The molecule has 11 heteroatoms. The number of nitrogen functional groups attached to an aromatic ring is 1. The summed E-state index contributed by atoms with van der Waals surface area (Å²) in [7, 11) is 0. The van der Waals surface area contributed by atoms with Gasteiger partial charge in [-0.15, -0.1) is 0 Å². The summed E-state index contributed by atoms with van der Waals surface area (Å²) in [6.07, 6.45) is -0.107. The van der Waals surface area contributed by atoms with E-state index in [0.29, 0.717) is 25.6 Å². The van der Waals surface area contributed by atoms with Gasteiger partial charge in [-0.1, -0.05) is 0 Å². The summed E-state index contributed by atoms with van der Waals surface area (Å²) < 4.78 is 11.0. The number of ether oxygens (including phenoxy) is 2. The molecule has 2 aliphatic rings. The van der Waals surface area contributed by atoms with E-state index in [1.165, 1.54) is 0 Å². The van der Waals surface area contributed by atoms with E-state index in [2.05, 4.69) is 20.2 Å². The number of aromatic nitrogens is 2. The van der Waals surface area contributed by atoms with Crippen LogP contribution in [0.25, 0.3) is 0 Å². The predicted octanol–water partition coefficient (Wildman–Crippen LogP) is 0.325. The van der Waals surface area contributed by atoms with E-state index in [1.54, 1.807) is 0 Å². The Morgan fingerprint density at radius 2 is 1.93 bits per heavy atom. The zero-order valence-corrected chi connectivity index (χ0v) is 15.8. The van der Waals surface area contributed by atoms with E-state index in [0.717, 1.165) is 32.8 Å². The van der Waals surface area contributed by atoms with Crippen LogP contribution in [0.3, 0.4) is 0 Å². The van der Waals surface area contributed by atoms with Crippen LogP contribution in [0, 0.1) is 10.1 Å². The molecule has 0 spiro atoms. The number of hydrogen-bond donors (Lipinski definition) is 2. The zero-order chi connectivity index (χ0) is 19.4. The van der Waals surface area contributed by atoms with Crippen molar-refractivity contribution in [3.05, 3.63) is 10.1 Å². The number of hydrogen-bond acceptors (Lipinski definition) is 10. The average molecular weight is 381 g/mol. The third-order valence-electron chi connectivity index (χ3n) is 4.61. The molecule has 2 atom stereocenters. The number of nitrogens with zero attached hydrogens (tertiary/aromatic N) is 5. The van der Waals surface area contributed by atoms with Crippen molar-refractivity contribution < 1.29 is 14.4 Å². The van der Waals surface area contributed by atoms with Crippen LogP contribution in [0.4, 0.5) is 23.3 Å². The second-order valence-corrected chi connectivity index (χ2v) is 6.90. The van der Waals surface area contributed by atoms with Gasteiger partial charge < -0.3 is 25.4 Å². The van der Waals surface area contributed by atoms with Gasteiger partial charge in [0.05, 0.1) is 30.3 Å². The number of nitrogens with two attached hydrogens (primary N) is 1. The Hall–Kier alpha value is -2.24. The van der Waals surface area contributed by atoms with Gasteiger partial charge in [-0.25, -0.2) is 0 Å². The normalized spacial score (nSPS) is 24.0. The monoisotopic (exact) mass is 381 g/mol. The van der Waals surface area contributed by atoms with Crippen molar-refractivity contribution in [2.24, 2.45) is 0 Å². The molecule has 2 saturated heterocycles. The van der Waals surface area contributed by atoms with Crippen LogP contribution < -0.4 is 16.0 Å². The summed E-state index contributed by atoms with van der Waals surface area (Å²) in [5.74, 6) is 0.405. The molecule has 3 N–H and O–H groups in total. The minimum atomic E-state index is -0.521. The molecule has 3 heterocycles. The van der Waals surface area contributed by atoms with Crippen molar-refractivity contribution in [3.63, 3.8) is 0 Å². The highest BCUT2D eigenvalue weighted by molar-refractivity contribution is 5.71. The van der Waals surface area contributed by atoms with Crippen LogP contribution in [-0.4, -0.2) is 84.5 Å². The lowest BCUT2D eigenvalue weighted by molar-refractivity contribution is -0.383. The number of nitro groups is 1. The van der Waals surface area contributed by atoms with Gasteiger partial charge in [0.1, 0.15) is 0 Å². The Morgan fingerprint density at radius 3 is 2.56 bits per heavy atom. The van der Waals surface area contributed by atoms with E-state index >= 15 is 0 Å². The Kier molecular flexibility index (Phi) is 6.24.